The van der Waals surface area contributed by atoms with Crippen LogP contribution >= 0.6 is 0 Å². The zero-order chi connectivity index (χ0) is 16.2. The first-order chi connectivity index (χ1) is 11.1. The van der Waals surface area contributed by atoms with Crippen molar-refractivity contribution in [3.05, 3.63) is 70.5 Å². The Morgan fingerprint density at radius 1 is 1.26 bits per heavy atom. The lowest BCUT2D eigenvalue weighted by Crippen LogP contribution is -2.05. The standard InChI is InChI=1S/C17H12O6/c18-12-3-5-14-11(8-17(20)23-15(14)9-12)10-22-16(19)6-4-13-2-1-7-21-13/h1-9,18H,10H2/b6-4+. The van der Waals surface area contributed by atoms with Crippen molar-refractivity contribution in [2.24, 2.45) is 0 Å². The molecule has 0 spiro atoms. The predicted octanol–water partition coefficient (Wildman–Crippen LogP) is 2.85. The van der Waals surface area contributed by atoms with Gasteiger partial charge in [-0.15, -0.1) is 0 Å². The van der Waals surface area contributed by atoms with E-state index in [1.54, 1.807) is 18.2 Å². The Kier molecular flexibility index (Phi) is 3.97. The smallest absolute Gasteiger partial charge is 0.336 e. The van der Waals surface area contributed by atoms with E-state index in [9.17, 15) is 14.7 Å². The van der Waals surface area contributed by atoms with Gasteiger partial charge in [0, 0.05) is 29.2 Å². The fourth-order valence-corrected chi connectivity index (χ4v) is 2.07. The Labute approximate surface area is 130 Å². The highest BCUT2D eigenvalue weighted by atomic mass is 16.5. The molecule has 0 saturated heterocycles. The molecule has 0 fully saturated rings. The van der Waals surface area contributed by atoms with Crippen LogP contribution in [-0.2, 0) is 16.1 Å². The molecule has 3 rings (SSSR count). The Bertz CT molecular complexity index is 918. The summed E-state index contributed by atoms with van der Waals surface area (Å²) in [6, 6.07) is 9.05. The van der Waals surface area contributed by atoms with E-state index in [0.717, 1.165) is 0 Å². The molecule has 23 heavy (non-hydrogen) atoms. The minimum Gasteiger partial charge on any atom is -0.508 e. The number of hydrogen-bond donors (Lipinski definition) is 1. The van der Waals surface area contributed by atoms with Crippen molar-refractivity contribution in [1.29, 1.82) is 0 Å². The number of furan rings is 1. The summed E-state index contributed by atoms with van der Waals surface area (Å²) in [5.74, 6) is -0.0547. The summed E-state index contributed by atoms with van der Waals surface area (Å²) in [6.07, 6.45) is 4.21. The van der Waals surface area contributed by atoms with Gasteiger partial charge in [0.15, 0.2) is 0 Å². The molecule has 0 radical (unpaired) electrons. The van der Waals surface area contributed by atoms with Gasteiger partial charge in [0.25, 0.3) is 0 Å². The van der Waals surface area contributed by atoms with E-state index in [-0.39, 0.29) is 17.9 Å². The van der Waals surface area contributed by atoms with Crippen LogP contribution in [0.3, 0.4) is 0 Å². The van der Waals surface area contributed by atoms with Gasteiger partial charge in [-0.05, 0) is 30.3 Å². The summed E-state index contributed by atoms with van der Waals surface area (Å²) in [5, 5.41) is 10.0. The van der Waals surface area contributed by atoms with E-state index >= 15 is 0 Å². The second-order valence-corrected chi connectivity index (χ2v) is 4.73. The van der Waals surface area contributed by atoms with E-state index in [2.05, 4.69) is 0 Å². The van der Waals surface area contributed by atoms with Crippen molar-refractivity contribution in [1.82, 2.24) is 0 Å². The molecule has 0 bridgehead atoms. The third kappa shape index (κ3) is 3.49. The molecule has 1 N–H and O–H groups in total. The summed E-state index contributed by atoms with van der Waals surface area (Å²) in [7, 11) is 0. The lowest BCUT2D eigenvalue weighted by Gasteiger charge is -2.05. The predicted molar refractivity (Wildman–Crippen MR) is 81.7 cm³/mol. The van der Waals surface area contributed by atoms with Gasteiger partial charge in [0.2, 0.25) is 0 Å². The number of carbonyl (C=O) groups is 1. The summed E-state index contributed by atoms with van der Waals surface area (Å²) >= 11 is 0. The minimum absolute atomic E-state index is 0.0174. The molecule has 6 heteroatoms. The second kappa shape index (κ2) is 6.23. The van der Waals surface area contributed by atoms with Crippen LogP contribution in [0.2, 0.25) is 0 Å². The Morgan fingerprint density at radius 2 is 2.13 bits per heavy atom. The maximum Gasteiger partial charge on any atom is 0.336 e. The van der Waals surface area contributed by atoms with Gasteiger partial charge in [-0.25, -0.2) is 9.59 Å². The van der Waals surface area contributed by atoms with E-state index in [1.807, 2.05) is 0 Å². The summed E-state index contributed by atoms with van der Waals surface area (Å²) in [5.41, 5.74) is 0.144. The molecule has 0 atom stereocenters. The van der Waals surface area contributed by atoms with Crippen LogP contribution < -0.4 is 5.63 Å². The number of phenolic OH excluding ortho intramolecular Hbond substituents is 1. The summed E-state index contributed by atoms with van der Waals surface area (Å²) in [4.78, 5) is 23.2. The van der Waals surface area contributed by atoms with E-state index in [0.29, 0.717) is 16.7 Å². The number of phenols is 1. The van der Waals surface area contributed by atoms with Gasteiger partial charge in [-0.3, -0.25) is 0 Å². The summed E-state index contributed by atoms with van der Waals surface area (Å²) in [6.45, 7) is -0.0891. The number of aromatic hydroxyl groups is 1. The first-order valence-corrected chi connectivity index (χ1v) is 6.76. The normalized spacial score (nSPS) is 11.1. The maximum absolute atomic E-state index is 11.7. The third-order valence-electron chi connectivity index (χ3n) is 3.11. The number of hydrogen-bond acceptors (Lipinski definition) is 6. The number of carbonyl (C=O) groups excluding carboxylic acids is 1. The van der Waals surface area contributed by atoms with Crippen LogP contribution in [-0.4, -0.2) is 11.1 Å². The molecule has 0 aliphatic rings. The van der Waals surface area contributed by atoms with Gasteiger partial charge in [-0.2, -0.15) is 0 Å². The van der Waals surface area contributed by atoms with E-state index in [4.69, 9.17) is 13.6 Å². The molecule has 3 aromatic rings. The van der Waals surface area contributed by atoms with Crippen LogP contribution in [0.1, 0.15) is 11.3 Å². The SMILES string of the molecule is O=C(/C=C/c1ccco1)OCc1cc(=O)oc2cc(O)ccc12. The molecule has 0 amide bonds. The molecule has 2 aromatic heterocycles. The average Bonchev–Trinajstić information content (AvgIpc) is 3.03. The van der Waals surface area contributed by atoms with Gasteiger partial charge >= 0.3 is 11.6 Å². The average molecular weight is 312 g/mol. The number of benzene rings is 1. The number of esters is 1. The zero-order valence-electron chi connectivity index (χ0n) is 11.9. The topological polar surface area (TPSA) is 89.9 Å². The van der Waals surface area contributed by atoms with Crippen LogP contribution in [0.4, 0.5) is 0 Å². The largest absolute Gasteiger partial charge is 0.508 e. The molecule has 0 aliphatic heterocycles. The highest BCUT2D eigenvalue weighted by molar-refractivity contribution is 5.87. The zero-order valence-corrected chi connectivity index (χ0v) is 11.9. The van der Waals surface area contributed by atoms with Crippen molar-refractivity contribution in [2.75, 3.05) is 0 Å². The molecular weight excluding hydrogens is 300 g/mol. The van der Waals surface area contributed by atoms with E-state index in [1.165, 1.54) is 36.6 Å². The Morgan fingerprint density at radius 3 is 2.91 bits per heavy atom. The highest BCUT2D eigenvalue weighted by Crippen LogP contribution is 2.22. The molecular formula is C17H12O6. The monoisotopic (exact) mass is 312 g/mol. The first kappa shape index (κ1) is 14.6. The van der Waals surface area contributed by atoms with Crippen molar-refractivity contribution in [3.63, 3.8) is 0 Å². The Hall–Kier alpha value is -3.28. The number of ether oxygens (including phenoxy) is 1. The molecule has 116 valence electrons. The fraction of sp³-hybridized carbons (Fsp3) is 0.0588. The first-order valence-electron chi connectivity index (χ1n) is 6.76. The van der Waals surface area contributed by atoms with Gasteiger partial charge in [-0.1, -0.05) is 0 Å². The molecule has 0 saturated carbocycles. The molecule has 0 unspecified atom stereocenters. The van der Waals surface area contributed by atoms with Crippen LogP contribution in [0, 0.1) is 0 Å². The van der Waals surface area contributed by atoms with Crippen LogP contribution in [0.15, 0.2) is 62.4 Å². The Balaban J connectivity index is 1.76. The van der Waals surface area contributed by atoms with Gasteiger partial charge < -0.3 is 18.7 Å². The quantitative estimate of drug-likeness (QED) is 0.452. The fourth-order valence-electron chi connectivity index (χ4n) is 2.07. The van der Waals surface area contributed by atoms with Crippen LogP contribution in [0.5, 0.6) is 5.75 Å². The lowest BCUT2D eigenvalue weighted by molar-refractivity contribution is -0.138. The van der Waals surface area contributed by atoms with Crippen LogP contribution in [0.25, 0.3) is 17.0 Å². The minimum atomic E-state index is -0.583. The molecule has 2 heterocycles. The third-order valence-corrected chi connectivity index (χ3v) is 3.11. The lowest BCUT2D eigenvalue weighted by atomic mass is 10.1. The van der Waals surface area contributed by atoms with Crippen molar-refractivity contribution in [3.8, 4) is 5.75 Å². The second-order valence-electron chi connectivity index (χ2n) is 4.73. The number of fused-ring (bicyclic) bond motifs is 1. The molecule has 6 nitrogen and oxygen atoms in total. The van der Waals surface area contributed by atoms with E-state index < -0.39 is 11.6 Å². The molecule has 1 aromatic carbocycles. The summed E-state index contributed by atoms with van der Waals surface area (Å²) < 4.78 is 15.2. The van der Waals surface area contributed by atoms with Crippen molar-refractivity contribution < 1.29 is 23.5 Å². The van der Waals surface area contributed by atoms with Gasteiger partial charge in [0.1, 0.15) is 23.7 Å². The maximum atomic E-state index is 11.7. The highest BCUT2D eigenvalue weighted by Gasteiger charge is 2.08. The van der Waals surface area contributed by atoms with Crippen molar-refractivity contribution >= 4 is 23.0 Å². The molecule has 0 aliphatic carbocycles. The van der Waals surface area contributed by atoms with Crippen molar-refractivity contribution in [2.45, 2.75) is 6.61 Å². The van der Waals surface area contributed by atoms with Gasteiger partial charge in [0.05, 0.1) is 6.26 Å². The number of rotatable bonds is 4.